The summed E-state index contributed by atoms with van der Waals surface area (Å²) in [5.41, 5.74) is -7.93. The Balaban J connectivity index is 2.32. The number of ether oxygens (including phenoxy) is 3. The molecule has 1 saturated heterocycles. The number of carbonyl (C=O) groups is 3. The lowest BCUT2D eigenvalue weighted by molar-refractivity contribution is -0.371. The molecule has 1 aliphatic heterocycles. The molecule has 0 bridgehead atoms. The molecular formula is C24H36O10. The number of aliphatic hydroxyl groups excluding tert-OH is 3. The highest BCUT2D eigenvalue weighted by atomic mass is 16.6. The Labute approximate surface area is 198 Å². The van der Waals surface area contributed by atoms with Gasteiger partial charge in [-0.3, -0.25) is 4.79 Å². The number of aliphatic hydroxyl groups is 4. The molecule has 192 valence electrons. The number of carbonyl (C=O) groups excluding carboxylic acids is 3. The van der Waals surface area contributed by atoms with Crippen molar-refractivity contribution in [2.45, 2.75) is 89.0 Å². The van der Waals surface area contributed by atoms with Crippen LogP contribution in [0.4, 0.5) is 0 Å². The van der Waals surface area contributed by atoms with Crippen molar-refractivity contribution in [2.75, 3.05) is 13.2 Å². The van der Waals surface area contributed by atoms with E-state index in [9.17, 15) is 34.8 Å². The van der Waals surface area contributed by atoms with Crippen LogP contribution in [0.3, 0.4) is 0 Å². The third-order valence-corrected chi connectivity index (χ3v) is 8.48. The van der Waals surface area contributed by atoms with E-state index >= 15 is 0 Å². The number of rotatable bonds is 5. The Morgan fingerprint density at radius 2 is 1.68 bits per heavy atom. The van der Waals surface area contributed by atoms with Gasteiger partial charge in [0.25, 0.3) is 0 Å². The number of ketones is 1. The third kappa shape index (κ3) is 3.45. The van der Waals surface area contributed by atoms with Crippen LogP contribution in [0.1, 0.15) is 53.9 Å². The summed E-state index contributed by atoms with van der Waals surface area (Å²) in [7, 11) is 0. The summed E-state index contributed by atoms with van der Waals surface area (Å²) in [6.07, 6.45) is -2.22. The summed E-state index contributed by atoms with van der Waals surface area (Å²) in [4.78, 5) is 38.2. The van der Waals surface area contributed by atoms with Crippen LogP contribution in [0.15, 0.2) is 12.7 Å². The predicted octanol–water partition coefficient (Wildman–Crippen LogP) is 0.0355. The average molecular weight is 485 g/mol. The van der Waals surface area contributed by atoms with Gasteiger partial charge < -0.3 is 34.6 Å². The van der Waals surface area contributed by atoms with Gasteiger partial charge in [0.05, 0.1) is 11.7 Å². The lowest BCUT2D eigenvalue weighted by atomic mass is 9.39. The van der Waals surface area contributed by atoms with Gasteiger partial charge in [-0.2, -0.15) is 0 Å². The van der Waals surface area contributed by atoms with Gasteiger partial charge in [-0.05, 0) is 32.1 Å². The lowest BCUT2D eigenvalue weighted by Crippen LogP contribution is -2.87. The molecule has 2 saturated carbocycles. The summed E-state index contributed by atoms with van der Waals surface area (Å²) >= 11 is 0. The fraction of sp³-hybridized carbons (Fsp3) is 0.792. The van der Waals surface area contributed by atoms with Crippen LogP contribution in [0, 0.1) is 16.7 Å². The minimum atomic E-state index is -2.38. The molecule has 0 spiro atoms. The fourth-order valence-corrected chi connectivity index (χ4v) is 7.02. The van der Waals surface area contributed by atoms with E-state index in [1.165, 1.54) is 13.0 Å². The third-order valence-electron chi connectivity index (χ3n) is 8.48. The lowest BCUT2D eigenvalue weighted by Gasteiger charge is -2.71. The van der Waals surface area contributed by atoms with Gasteiger partial charge in [0.2, 0.25) is 0 Å². The van der Waals surface area contributed by atoms with Crippen LogP contribution >= 0.6 is 0 Å². The van der Waals surface area contributed by atoms with Crippen molar-refractivity contribution < 1.29 is 49.0 Å². The number of fused-ring (bicyclic) bond motifs is 3. The monoisotopic (exact) mass is 484 g/mol. The summed E-state index contributed by atoms with van der Waals surface area (Å²) in [6, 6.07) is 0. The molecule has 10 heteroatoms. The molecule has 0 amide bonds. The fourth-order valence-electron chi connectivity index (χ4n) is 7.02. The summed E-state index contributed by atoms with van der Waals surface area (Å²) in [6.45, 7) is 10.1. The zero-order valence-corrected chi connectivity index (χ0v) is 20.4. The van der Waals surface area contributed by atoms with Crippen LogP contribution < -0.4 is 0 Å². The van der Waals surface area contributed by atoms with Gasteiger partial charge >= 0.3 is 11.9 Å². The molecule has 2 aliphatic carbocycles. The minimum absolute atomic E-state index is 0.254. The first kappa shape index (κ1) is 26.7. The highest BCUT2D eigenvalue weighted by Crippen LogP contribution is 2.67. The molecule has 4 N–H and O–H groups in total. The van der Waals surface area contributed by atoms with Crippen molar-refractivity contribution >= 4 is 17.7 Å². The number of esters is 2. The van der Waals surface area contributed by atoms with E-state index in [-0.39, 0.29) is 12.8 Å². The molecule has 3 fully saturated rings. The Kier molecular flexibility index (Phi) is 6.59. The maximum absolute atomic E-state index is 13.9. The molecule has 8 atom stereocenters. The second-order valence-electron chi connectivity index (χ2n) is 11.0. The number of hydrogen-bond donors (Lipinski definition) is 4. The molecule has 0 aromatic heterocycles. The summed E-state index contributed by atoms with van der Waals surface area (Å²) in [5.74, 6) is -3.54. The SMILES string of the molecule is C=C[C@@]1(C)CC(=O)[C@]2(O)[C@@]3(C)[C@@H](OC(=O)CO)CCC(C)(C)[C@@H]3[C@H](O)[C@H](OC(=O)CO)[C@@]2(C)O1. The molecule has 3 rings (SSSR count). The standard InChI is InChI=1S/C24H36O10/c1-7-21(4)10-13(27)24(31)22(5)14(32-15(28)11-25)8-9-20(2,3)18(22)17(30)19(23(24,6)34-21)33-16(29)12-26/h7,14,17-19,25-26,30-31H,1,8-12H2,2-6H3/t14-,17-,18-,19-,21-,22-,23+,24-/m0/s1. The molecule has 3 aliphatic rings. The van der Waals surface area contributed by atoms with Crippen molar-refractivity contribution in [3.05, 3.63) is 12.7 Å². The highest BCUT2D eigenvalue weighted by Gasteiger charge is 2.82. The average Bonchev–Trinajstić information content (AvgIpc) is 2.75. The van der Waals surface area contributed by atoms with Crippen molar-refractivity contribution in [1.82, 2.24) is 0 Å². The van der Waals surface area contributed by atoms with E-state index in [1.807, 2.05) is 13.8 Å². The predicted molar refractivity (Wildman–Crippen MR) is 117 cm³/mol. The Hall–Kier alpha value is -1.85. The molecule has 1 heterocycles. The van der Waals surface area contributed by atoms with Crippen molar-refractivity contribution in [3.63, 3.8) is 0 Å². The van der Waals surface area contributed by atoms with E-state index in [2.05, 4.69) is 6.58 Å². The Bertz CT molecular complexity index is 885. The largest absolute Gasteiger partial charge is 0.460 e. The zero-order chi connectivity index (χ0) is 25.9. The van der Waals surface area contributed by atoms with Crippen molar-refractivity contribution in [3.8, 4) is 0 Å². The Morgan fingerprint density at radius 1 is 1.12 bits per heavy atom. The van der Waals surface area contributed by atoms with Gasteiger partial charge in [0.15, 0.2) is 17.5 Å². The minimum Gasteiger partial charge on any atom is -0.460 e. The molecule has 0 unspecified atom stereocenters. The van der Waals surface area contributed by atoms with Gasteiger partial charge in [-0.1, -0.05) is 26.8 Å². The van der Waals surface area contributed by atoms with Gasteiger partial charge in [0.1, 0.15) is 24.9 Å². The molecular weight excluding hydrogens is 448 g/mol. The molecule has 10 nitrogen and oxygen atoms in total. The molecule has 0 aromatic carbocycles. The van der Waals surface area contributed by atoms with E-state index in [0.717, 1.165) is 0 Å². The summed E-state index contributed by atoms with van der Waals surface area (Å²) < 4.78 is 17.3. The quantitative estimate of drug-likeness (QED) is 0.310. The second kappa shape index (κ2) is 8.37. The second-order valence-corrected chi connectivity index (χ2v) is 11.0. The van der Waals surface area contributed by atoms with E-state index in [1.54, 1.807) is 13.8 Å². The summed E-state index contributed by atoms with van der Waals surface area (Å²) in [5, 5.41) is 42.7. The van der Waals surface area contributed by atoms with E-state index < -0.39 is 82.8 Å². The molecule has 0 aromatic rings. The van der Waals surface area contributed by atoms with Gasteiger partial charge in [-0.15, -0.1) is 6.58 Å². The van der Waals surface area contributed by atoms with E-state index in [4.69, 9.17) is 14.2 Å². The van der Waals surface area contributed by atoms with Crippen LogP contribution in [-0.4, -0.2) is 86.5 Å². The first-order valence-corrected chi connectivity index (χ1v) is 11.5. The zero-order valence-electron chi connectivity index (χ0n) is 20.4. The van der Waals surface area contributed by atoms with Gasteiger partial charge in [-0.25, -0.2) is 9.59 Å². The normalized spacial score (nSPS) is 45.5. The number of hydrogen-bond acceptors (Lipinski definition) is 10. The first-order valence-electron chi connectivity index (χ1n) is 11.5. The highest BCUT2D eigenvalue weighted by molar-refractivity contribution is 5.92. The number of Topliss-reactive ketones (excluding diaryl/α,β-unsaturated/α-hetero) is 1. The maximum atomic E-state index is 13.9. The van der Waals surface area contributed by atoms with Crippen LogP contribution in [0.5, 0.6) is 0 Å². The van der Waals surface area contributed by atoms with Crippen LogP contribution in [-0.2, 0) is 28.6 Å². The van der Waals surface area contributed by atoms with Crippen LogP contribution in [0.2, 0.25) is 0 Å². The maximum Gasteiger partial charge on any atom is 0.332 e. The van der Waals surface area contributed by atoms with Crippen molar-refractivity contribution in [2.24, 2.45) is 16.7 Å². The van der Waals surface area contributed by atoms with Crippen molar-refractivity contribution in [1.29, 1.82) is 0 Å². The molecule has 0 radical (unpaired) electrons. The first-order chi connectivity index (χ1) is 15.6. The van der Waals surface area contributed by atoms with E-state index in [0.29, 0.717) is 6.42 Å². The smallest absolute Gasteiger partial charge is 0.332 e. The van der Waals surface area contributed by atoms with Gasteiger partial charge in [0, 0.05) is 17.8 Å². The molecule has 34 heavy (non-hydrogen) atoms. The Morgan fingerprint density at radius 3 is 2.21 bits per heavy atom. The van der Waals surface area contributed by atoms with Crippen LogP contribution in [0.25, 0.3) is 0 Å². The topological polar surface area (TPSA) is 160 Å².